The lowest BCUT2D eigenvalue weighted by atomic mass is 10.1. The van der Waals surface area contributed by atoms with E-state index in [0.29, 0.717) is 6.42 Å². The first kappa shape index (κ1) is 12.8. The van der Waals surface area contributed by atoms with E-state index in [-0.39, 0.29) is 0 Å². The number of hydrogen-bond donors (Lipinski definition) is 2. The number of hydrogen-bond acceptors (Lipinski definition) is 4. The molecule has 4 nitrogen and oxygen atoms in total. The summed E-state index contributed by atoms with van der Waals surface area (Å²) in [6.07, 6.45) is 5.09. The molecule has 0 radical (unpaired) electrons. The molecule has 5 heteroatoms. The zero-order valence-electron chi connectivity index (χ0n) is 11.6. The Morgan fingerprint density at radius 1 is 1.29 bits per heavy atom. The first-order valence-electron chi connectivity index (χ1n) is 7.32. The van der Waals surface area contributed by atoms with Gasteiger partial charge in [-0.15, -0.1) is 11.3 Å². The van der Waals surface area contributed by atoms with Crippen LogP contribution in [-0.4, -0.2) is 16.1 Å². The van der Waals surface area contributed by atoms with Gasteiger partial charge in [0.15, 0.2) is 5.13 Å². The zero-order chi connectivity index (χ0) is 14.4. The lowest BCUT2D eigenvalue weighted by Crippen LogP contribution is -2.08. The molecule has 0 aliphatic heterocycles. The van der Waals surface area contributed by atoms with Crippen molar-refractivity contribution in [1.29, 1.82) is 0 Å². The van der Waals surface area contributed by atoms with Crippen LogP contribution >= 0.6 is 11.3 Å². The van der Waals surface area contributed by atoms with Gasteiger partial charge in [-0.05, 0) is 55.4 Å². The van der Waals surface area contributed by atoms with Gasteiger partial charge in [-0.1, -0.05) is 6.07 Å². The molecular weight excluding hydrogens is 284 g/mol. The van der Waals surface area contributed by atoms with Crippen LogP contribution in [0.5, 0.6) is 0 Å². The highest BCUT2D eigenvalue weighted by atomic mass is 32.1. The number of rotatable bonds is 3. The molecular formula is C16H16N2O2S. The molecule has 0 amide bonds. The summed E-state index contributed by atoms with van der Waals surface area (Å²) in [7, 11) is 0. The quantitative estimate of drug-likeness (QED) is 0.911. The van der Waals surface area contributed by atoms with E-state index in [4.69, 9.17) is 0 Å². The molecule has 0 saturated heterocycles. The number of nitrogens with zero attached hydrogens (tertiary/aromatic N) is 1. The number of aliphatic carboxylic acids is 1. The summed E-state index contributed by atoms with van der Waals surface area (Å²) in [4.78, 5) is 16.8. The lowest BCUT2D eigenvalue weighted by molar-refractivity contribution is -0.138. The first-order valence-corrected chi connectivity index (χ1v) is 8.13. The molecule has 0 saturated carbocycles. The molecule has 1 aromatic heterocycles. The van der Waals surface area contributed by atoms with Gasteiger partial charge in [0.1, 0.15) is 5.92 Å². The van der Waals surface area contributed by atoms with E-state index in [1.54, 1.807) is 11.3 Å². The van der Waals surface area contributed by atoms with Crippen molar-refractivity contribution in [3.63, 3.8) is 0 Å². The highest BCUT2D eigenvalue weighted by Crippen LogP contribution is 2.39. The molecule has 1 atom stereocenters. The van der Waals surface area contributed by atoms with Crippen LogP contribution in [0.15, 0.2) is 18.2 Å². The van der Waals surface area contributed by atoms with Crippen LogP contribution in [0, 0.1) is 0 Å². The smallest absolute Gasteiger partial charge is 0.312 e. The fourth-order valence-corrected chi connectivity index (χ4v) is 4.35. The van der Waals surface area contributed by atoms with Crippen molar-refractivity contribution in [3.05, 3.63) is 39.9 Å². The third-order valence-corrected chi connectivity index (χ3v) is 5.41. The van der Waals surface area contributed by atoms with Gasteiger partial charge in [0, 0.05) is 10.6 Å². The second kappa shape index (κ2) is 4.84. The minimum atomic E-state index is -0.761. The van der Waals surface area contributed by atoms with Crippen LogP contribution in [0.2, 0.25) is 0 Å². The van der Waals surface area contributed by atoms with Crippen molar-refractivity contribution in [1.82, 2.24) is 4.98 Å². The third kappa shape index (κ3) is 2.21. The predicted molar refractivity (Wildman–Crippen MR) is 82.6 cm³/mol. The van der Waals surface area contributed by atoms with Crippen LogP contribution in [0.25, 0.3) is 0 Å². The van der Waals surface area contributed by atoms with Crippen molar-refractivity contribution >= 4 is 28.1 Å². The molecule has 0 bridgehead atoms. The number of carboxylic acids is 1. The fraction of sp³-hybridized carbons (Fsp3) is 0.375. The molecule has 21 heavy (non-hydrogen) atoms. The molecule has 4 rings (SSSR count). The van der Waals surface area contributed by atoms with Gasteiger partial charge in [0.25, 0.3) is 0 Å². The first-order chi connectivity index (χ1) is 10.2. The van der Waals surface area contributed by atoms with E-state index in [2.05, 4.69) is 28.5 Å². The minimum absolute atomic E-state index is 0.424. The van der Waals surface area contributed by atoms with Crippen LogP contribution < -0.4 is 5.32 Å². The summed E-state index contributed by atoms with van der Waals surface area (Å²) >= 11 is 1.59. The van der Waals surface area contributed by atoms with E-state index < -0.39 is 11.9 Å². The number of carboxylic acid groups (broad SMARTS) is 1. The lowest BCUT2D eigenvalue weighted by Gasteiger charge is -2.06. The number of aromatic nitrogens is 1. The SMILES string of the molecule is O=C(O)C1CCc2sc(Nc3ccc4c(c3)CCC4)nc21. The Balaban J connectivity index is 1.58. The van der Waals surface area contributed by atoms with E-state index >= 15 is 0 Å². The standard InChI is InChI=1S/C16H16N2O2S/c19-15(20)12-6-7-13-14(12)18-16(21-13)17-11-5-4-9-2-1-3-10(9)8-11/h4-5,8,12H,1-3,6-7H2,(H,17,18)(H,19,20). The number of nitrogens with one attached hydrogen (secondary N) is 1. The van der Waals surface area contributed by atoms with Gasteiger partial charge in [-0.25, -0.2) is 4.98 Å². The average Bonchev–Trinajstić information content (AvgIpc) is 3.11. The van der Waals surface area contributed by atoms with Gasteiger partial charge < -0.3 is 10.4 Å². The number of benzene rings is 1. The number of thiazole rings is 1. The normalized spacial score (nSPS) is 19.3. The second-order valence-corrected chi connectivity index (χ2v) is 6.80. The van der Waals surface area contributed by atoms with Crippen molar-refractivity contribution in [2.24, 2.45) is 0 Å². The second-order valence-electron chi connectivity index (χ2n) is 5.72. The summed E-state index contributed by atoms with van der Waals surface area (Å²) in [5, 5.41) is 13.4. The number of fused-ring (bicyclic) bond motifs is 2. The van der Waals surface area contributed by atoms with Crippen LogP contribution in [0.4, 0.5) is 10.8 Å². The Hall–Kier alpha value is -1.88. The minimum Gasteiger partial charge on any atom is -0.481 e. The molecule has 108 valence electrons. The number of aryl methyl sites for hydroxylation is 3. The monoisotopic (exact) mass is 300 g/mol. The van der Waals surface area contributed by atoms with Gasteiger partial charge in [0.05, 0.1) is 5.69 Å². The van der Waals surface area contributed by atoms with E-state index in [9.17, 15) is 9.90 Å². The Bertz CT molecular complexity index is 723. The van der Waals surface area contributed by atoms with Gasteiger partial charge in [-0.3, -0.25) is 4.79 Å². The van der Waals surface area contributed by atoms with Crippen molar-refractivity contribution in [2.45, 2.75) is 38.0 Å². The van der Waals surface area contributed by atoms with Crippen LogP contribution in [-0.2, 0) is 24.1 Å². The molecule has 2 aromatic rings. The van der Waals surface area contributed by atoms with Crippen molar-refractivity contribution < 1.29 is 9.90 Å². The maximum absolute atomic E-state index is 11.2. The number of carbonyl (C=O) groups is 1. The zero-order valence-corrected chi connectivity index (χ0v) is 12.4. The van der Waals surface area contributed by atoms with Gasteiger partial charge >= 0.3 is 5.97 Å². The molecule has 2 aliphatic carbocycles. The Morgan fingerprint density at radius 3 is 3.00 bits per heavy atom. The molecule has 1 unspecified atom stereocenters. The predicted octanol–water partition coefficient (Wildman–Crippen LogP) is 3.49. The van der Waals surface area contributed by atoms with Gasteiger partial charge in [-0.2, -0.15) is 0 Å². The molecule has 0 spiro atoms. The average molecular weight is 300 g/mol. The summed E-state index contributed by atoms with van der Waals surface area (Å²) in [5.74, 6) is -1.19. The fourth-order valence-electron chi connectivity index (χ4n) is 3.29. The topological polar surface area (TPSA) is 62.2 Å². The summed E-state index contributed by atoms with van der Waals surface area (Å²) in [5.41, 5.74) is 4.69. The Labute approximate surface area is 126 Å². The Morgan fingerprint density at radius 2 is 2.14 bits per heavy atom. The highest BCUT2D eigenvalue weighted by Gasteiger charge is 2.32. The largest absolute Gasteiger partial charge is 0.481 e. The van der Waals surface area contributed by atoms with E-state index in [1.807, 2.05) is 0 Å². The molecule has 1 heterocycles. The third-order valence-electron chi connectivity index (χ3n) is 4.37. The summed E-state index contributed by atoms with van der Waals surface area (Å²) in [6.45, 7) is 0. The van der Waals surface area contributed by atoms with Crippen LogP contribution in [0.1, 0.15) is 40.5 Å². The molecule has 1 aromatic carbocycles. The summed E-state index contributed by atoms with van der Waals surface area (Å²) in [6, 6.07) is 6.47. The molecule has 0 fully saturated rings. The maximum Gasteiger partial charge on any atom is 0.312 e. The van der Waals surface area contributed by atoms with Crippen molar-refractivity contribution in [3.8, 4) is 0 Å². The van der Waals surface area contributed by atoms with E-state index in [1.165, 1.54) is 24.0 Å². The molecule has 2 N–H and O–H groups in total. The Kier molecular flexibility index (Phi) is 2.96. The van der Waals surface area contributed by atoms with Gasteiger partial charge in [0.2, 0.25) is 0 Å². The molecule has 2 aliphatic rings. The van der Waals surface area contributed by atoms with Crippen LogP contribution in [0.3, 0.4) is 0 Å². The highest BCUT2D eigenvalue weighted by molar-refractivity contribution is 7.15. The van der Waals surface area contributed by atoms with E-state index in [0.717, 1.165) is 34.2 Å². The maximum atomic E-state index is 11.2. The summed E-state index contributed by atoms with van der Waals surface area (Å²) < 4.78 is 0. The van der Waals surface area contributed by atoms with Crippen molar-refractivity contribution in [2.75, 3.05) is 5.32 Å². The number of anilines is 2.